The van der Waals surface area contributed by atoms with Crippen LogP contribution in [0.4, 0.5) is 0 Å². The van der Waals surface area contributed by atoms with Gasteiger partial charge in [0.1, 0.15) is 0 Å². The Bertz CT molecular complexity index is 239. The summed E-state index contributed by atoms with van der Waals surface area (Å²) in [5, 5.41) is 3.30. The van der Waals surface area contributed by atoms with Gasteiger partial charge in [-0.1, -0.05) is 0 Å². The summed E-state index contributed by atoms with van der Waals surface area (Å²) in [4.78, 5) is 14.3. The van der Waals surface area contributed by atoms with Crippen molar-refractivity contribution in [1.82, 2.24) is 10.2 Å². The molecule has 2 aliphatic rings. The molecule has 16 heavy (non-hydrogen) atoms. The fraction of sp³-hybridized carbons (Fsp3) is 0.917. The first-order valence-corrected chi connectivity index (χ1v) is 6.38. The summed E-state index contributed by atoms with van der Waals surface area (Å²) in [5.41, 5.74) is 0. The summed E-state index contributed by atoms with van der Waals surface area (Å²) in [7, 11) is 0. The van der Waals surface area contributed by atoms with Gasteiger partial charge in [-0.05, 0) is 32.7 Å². The molecule has 2 aliphatic heterocycles. The number of carbonyl (C=O) groups is 1. The molecule has 0 bridgehead atoms. The SMILES string of the molecule is CC1CN(C(=O)[C@H]2CCCNC2)CCCO1. The molecular weight excluding hydrogens is 204 g/mol. The second-order valence-corrected chi connectivity index (χ2v) is 4.86. The molecule has 4 heteroatoms. The quantitative estimate of drug-likeness (QED) is 0.713. The molecule has 0 aromatic heterocycles. The highest BCUT2D eigenvalue weighted by molar-refractivity contribution is 5.79. The lowest BCUT2D eigenvalue weighted by Crippen LogP contribution is -2.45. The van der Waals surface area contributed by atoms with Gasteiger partial charge in [0.05, 0.1) is 12.0 Å². The van der Waals surface area contributed by atoms with Crippen molar-refractivity contribution in [2.75, 3.05) is 32.8 Å². The average Bonchev–Trinajstić information content (AvgIpc) is 2.54. The second-order valence-electron chi connectivity index (χ2n) is 4.86. The first-order chi connectivity index (χ1) is 7.77. The number of nitrogens with one attached hydrogen (secondary N) is 1. The van der Waals surface area contributed by atoms with Crippen molar-refractivity contribution in [3.05, 3.63) is 0 Å². The van der Waals surface area contributed by atoms with Crippen LogP contribution in [-0.4, -0.2) is 49.7 Å². The van der Waals surface area contributed by atoms with Crippen LogP contribution >= 0.6 is 0 Å². The van der Waals surface area contributed by atoms with E-state index in [-0.39, 0.29) is 12.0 Å². The van der Waals surface area contributed by atoms with E-state index in [4.69, 9.17) is 4.74 Å². The standard InChI is InChI=1S/C12H22N2O2/c1-10-9-14(6-3-7-16-10)12(15)11-4-2-5-13-8-11/h10-11,13H,2-9H2,1H3/t10?,11-/m0/s1. The monoisotopic (exact) mass is 226 g/mol. The van der Waals surface area contributed by atoms with E-state index in [1.807, 2.05) is 11.8 Å². The Morgan fingerprint density at radius 3 is 3.06 bits per heavy atom. The maximum Gasteiger partial charge on any atom is 0.227 e. The maximum atomic E-state index is 12.3. The summed E-state index contributed by atoms with van der Waals surface area (Å²) in [6.07, 6.45) is 3.31. The molecule has 1 amide bonds. The van der Waals surface area contributed by atoms with Crippen molar-refractivity contribution in [2.45, 2.75) is 32.3 Å². The average molecular weight is 226 g/mol. The van der Waals surface area contributed by atoms with Crippen LogP contribution in [0.1, 0.15) is 26.2 Å². The van der Waals surface area contributed by atoms with Gasteiger partial charge in [0.25, 0.3) is 0 Å². The normalized spacial score (nSPS) is 32.2. The maximum absolute atomic E-state index is 12.3. The summed E-state index contributed by atoms with van der Waals surface area (Å²) >= 11 is 0. The topological polar surface area (TPSA) is 41.6 Å². The van der Waals surface area contributed by atoms with Gasteiger partial charge in [-0.3, -0.25) is 4.79 Å². The number of ether oxygens (including phenoxy) is 1. The van der Waals surface area contributed by atoms with Crippen LogP contribution in [0.2, 0.25) is 0 Å². The highest BCUT2D eigenvalue weighted by Crippen LogP contribution is 2.15. The van der Waals surface area contributed by atoms with Crippen molar-refractivity contribution in [3.8, 4) is 0 Å². The predicted molar refractivity (Wildman–Crippen MR) is 62.2 cm³/mol. The van der Waals surface area contributed by atoms with E-state index in [2.05, 4.69) is 5.32 Å². The molecule has 92 valence electrons. The number of piperidine rings is 1. The van der Waals surface area contributed by atoms with Crippen LogP contribution in [0.15, 0.2) is 0 Å². The Kier molecular flexibility index (Phi) is 4.18. The Labute approximate surface area is 97.3 Å². The number of amides is 1. The molecule has 0 aromatic rings. The van der Waals surface area contributed by atoms with Crippen LogP contribution in [0, 0.1) is 5.92 Å². The van der Waals surface area contributed by atoms with E-state index in [0.29, 0.717) is 5.91 Å². The molecular formula is C12H22N2O2. The summed E-state index contributed by atoms with van der Waals surface area (Å²) in [6.45, 7) is 6.36. The van der Waals surface area contributed by atoms with Gasteiger partial charge in [0.15, 0.2) is 0 Å². The molecule has 0 radical (unpaired) electrons. The number of nitrogens with zero attached hydrogens (tertiary/aromatic N) is 1. The molecule has 0 saturated carbocycles. The fourth-order valence-corrected chi connectivity index (χ4v) is 2.52. The van der Waals surface area contributed by atoms with Crippen molar-refractivity contribution < 1.29 is 9.53 Å². The third-order valence-electron chi connectivity index (χ3n) is 3.41. The molecule has 2 heterocycles. The minimum atomic E-state index is 0.183. The summed E-state index contributed by atoms with van der Waals surface area (Å²) in [5.74, 6) is 0.517. The van der Waals surface area contributed by atoms with Gasteiger partial charge in [-0.15, -0.1) is 0 Å². The minimum absolute atomic E-state index is 0.183. The van der Waals surface area contributed by atoms with Gasteiger partial charge >= 0.3 is 0 Å². The highest BCUT2D eigenvalue weighted by atomic mass is 16.5. The molecule has 0 aliphatic carbocycles. The van der Waals surface area contributed by atoms with Gasteiger partial charge < -0.3 is 15.0 Å². The molecule has 2 rings (SSSR count). The van der Waals surface area contributed by atoms with Gasteiger partial charge in [-0.25, -0.2) is 0 Å². The Balaban J connectivity index is 1.91. The minimum Gasteiger partial charge on any atom is -0.377 e. The van der Waals surface area contributed by atoms with Gasteiger partial charge in [0.2, 0.25) is 5.91 Å². The van der Waals surface area contributed by atoms with E-state index < -0.39 is 0 Å². The summed E-state index contributed by atoms with van der Waals surface area (Å²) in [6, 6.07) is 0. The van der Waals surface area contributed by atoms with Gasteiger partial charge in [0, 0.05) is 26.2 Å². The molecule has 2 saturated heterocycles. The largest absolute Gasteiger partial charge is 0.377 e. The number of hydrogen-bond donors (Lipinski definition) is 1. The van der Waals surface area contributed by atoms with E-state index in [0.717, 1.165) is 52.0 Å². The van der Waals surface area contributed by atoms with Crippen LogP contribution < -0.4 is 5.32 Å². The first kappa shape index (κ1) is 11.9. The zero-order chi connectivity index (χ0) is 11.4. The van der Waals surface area contributed by atoms with E-state index in [1.165, 1.54) is 0 Å². The van der Waals surface area contributed by atoms with Crippen LogP contribution in [0.3, 0.4) is 0 Å². The smallest absolute Gasteiger partial charge is 0.227 e. The lowest BCUT2D eigenvalue weighted by atomic mass is 9.98. The van der Waals surface area contributed by atoms with Crippen molar-refractivity contribution in [3.63, 3.8) is 0 Å². The highest BCUT2D eigenvalue weighted by Gasteiger charge is 2.27. The zero-order valence-corrected chi connectivity index (χ0v) is 10.1. The molecule has 1 N–H and O–H groups in total. The third kappa shape index (κ3) is 2.95. The molecule has 2 atom stereocenters. The molecule has 4 nitrogen and oxygen atoms in total. The fourth-order valence-electron chi connectivity index (χ4n) is 2.52. The Morgan fingerprint density at radius 1 is 1.44 bits per heavy atom. The Hall–Kier alpha value is -0.610. The second kappa shape index (κ2) is 5.64. The Morgan fingerprint density at radius 2 is 2.31 bits per heavy atom. The number of carbonyl (C=O) groups excluding carboxylic acids is 1. The van der Waals surface area contributed by atoms with Crippen LogP contribution in [0.5, 0.6) is 0 Å². The number of rotatable bonds is 1. The zero-order valence-electron chi connectivity index (χ0n) is 10.1. The van der Waals surface area contributed by atoms with Crippen molar-refractivity contribution in [2.24, 2.45) is 5.92 Å². The van der Waals surface area contributed by atoms with Crippen molar-refractivity contribution >= 4 is 5.91 Å². The predicted octanol–water partition coefficient (Wildman–Crippen LogP) is 0.623. The molecule has 1 unspecified atom stereocenters. The molecule has 0 spiro atoms. The molecule has 0 aromatic carbocycles. The van der Waals surface area contributed by atoms with E-state index in [9.17, 15) is 4.79 Å². The lowest BCUT2D eigenvalue weighted by molar-refractivity contribution is -0.136. The lowest BCUT2D eigenvalue weighted by Gasteiger charge is -2.29. The summed E-state index contributed by atoms with van der Waals surface area (Å²) < 4.78 is 5.56. The van der Waals surface area contributed by atoms with Gasteiger partial charge in [-0.2, -0.15) is 0 Å². The van der Waals surface area contributed by atoms with Crippen LogP contribution in [-0.2, 0) is 9.53 Å². The van der Waals surface area contributed by atoms with E-state index in [1.54, 1.807) is 0 Å². The van der Waals surface area contributed by atoms with Crippen LogP contribution in [0.25, 0.3) is 0 Å². The van der Waals surface area contributed by atoms with E-state index >= 15 is 0 Å². The number of hydrogen-bond acceptors (Lipinski definition) is 3. The third-order valence-corrected chi connectivity index (χ3v) is 3.41. The molecule has 2 fully saturated rings. The van der Waals surface area contributed by atoms with Crippen molar-refractivity contribution in [1.29, 1.82) is 0 Å². The first-order valence-electron chi connectivity index (χ1n) is 6.38.